The maximum absolute atomic E-state index is 12.4. The van der Waals surface area contributed by atoms with Gasteiger partial charge in [0.05, 0.1) is 24.0 Å². The second kappa shape index (κ2) is 6.68. The quantitative estimate of drug-likeness (QED) is 0.794. The van der Waals surface area contributed by atoms with Crippen molar-refractivity contribution in [2.75, 3.05) is 31.9 Å². The van der Waals surface area contributed by atoms with Gasteiger partial charge in [-0.2, -0.15) is 9.40 Å². The van der Waals surface area contributed by atoms with Gasteiger partial charge in [-0.15, -0.1) is 0 Å². The molecule has 1 fully saturated rings. The van der Waals surface area contributed by atoms with Crippen LogP contribution in [0.15, 0.2) is 12.3 Å². The maximum atomic E-state index is 12.4. The largest absolute Gasteiger partial charge is 0.303 e. The van der Waals surface area contributed by atoms with E-state index in [1.165, 1.54) is 25.9 Å². The number of hydrogen-bond acceptors (Lipinski definition) is 4. The number of rotatable bonds is 6. The molecule has 0 unspecified atom stereocenters. The van der Waals surface area contributed by atoms with Crippen molar-refractivity contribution >= 4 is 10.0 Å². The summed E-state index contributed by atoms with van der Waals surface area (Å²) < 4.78 is 28.5. The maximum Gasteiger partial charge on any atom is 0.214 e. The minimum atomic E-state index is -3.15. The van der Waals surface area contributed by atoms with Gasteiger partial charge in [0.1, 0.15) is 0 Å². The summed E-state index contributed by atoms with van der Waals surface area (Å²) in [6.07, 6.45) is 5.99. The topological polar surface area (TPSA) is 58.4 Å². The summed E-state index contributed by atoms with van der Waals surface area (Å²) >= 11 is 0. The van der Waals surface area contributed by atoms with Crippen LogP contribution in [0.1, 0.15) is 44.3 Å². The van der Waals surface area contributed by atoms with Crippen LogP contribution in [-0.2, 0) is 16.6 Å². The molecule has 3 rings (SSSR count). The van der Waals surface area contributed by atoms with Gasteiger partial charge in [-0.1, -0.05) is 6.92 Å². The van der Waals surface area contributed by atoms with Gasteiger partial charge >= 0.3 is 0 Å². The monoisotopic (exact) mass is 326 g/mol. The number of sulfonamides is 1. The van der Waals surface area contributed by atoms with Gasteiger partial charge in [0, 0.05) is 19.3 Å². The van der Waals surface area contributed by atoms with Gasteiger partial charge in [-0.05, 0) is 44.8 Å². The highest BCUT2D eigenvalue weighted by molar-refractivity contribution is 7.89. The molecule has 0 radical (unpaired) electrons. The van der Waals surface area contributed by atoms with Crippen molar-refractivity contribution in [3.63, 3.8) is 0 Å². The second-order valence-corrected chi connectivity index (χ2v) is 8.46. The van der Waals surface area contributed by atoms with Crippen LogP contribution in [0.4, 0.5) is 0 Å². The predicted molar refractivity (Wildman–Crippen MR) is 86.0 cm³/mol. The fourth-order valence-corrected chi connectivity index (χ4v) is 5.01. The van der Waals surface area contributed by atoms with Gasteiger partial charge < -0.3 is 4.90 Å². The van der Waals surface area contributed by atoms with E-state index in [1.807, 2.05) is 17.7 Å². The van der Waals surface area contributed by atoms with Gasteiger partial charge in [-0.3, -0.25) is 4.68 Å². The molecule has 1 saturated heterocycles. The molecule has 124 valence electrons. The van der Waals surface area contributed by atoms with Crippen LogP contribution < -0.4 is 0 Å². The lowest BCUT2D eigenvalue weighted by molar-refractivity contribution is 0.226. The fourth-order valence-electron chi connectivity index (χ4n) is 3.50. The molecular formula is C15H26N4O2S. The van der Waals surface area contributed by atoms with Gasteiger partial charge in [0.2, 0.25) is 10.0 Å². The number of hydrogen-bond donors (Lipinski definition) is 0. The third-order valence-corrected chi connectivity index (χ3v) is 6.67. The molecule has 1 aromatic heterocycles. The minimum Gasteiger partial charge on any atom is -0.303 e. The zero-order valence-electron chi connectivity index (χ0n) is 13.3. The molecular weight excluding hydrogens is 300 g/mol. The Labute approximate surface area is 133 Å². The molecule has 0 saturated carbocycles. The third kappa shape index (κ3) is 3.36. The first-order chi connectivity index (χ1) is 10.6. The Hall–Kier alpha value is -0.920. The van der Waals surface area contributed by atoms with Crippen LogP contribution in [0.3, 0.4) is 0 Å². The van der Waals surface area contributed by atoms with Crippen LogP contribution >= 0.6 is 0 Å². The molecule has 0 aromatic carbocycles. The molecule has 2 aliphatic rings. The highest BCUT2D eigenvalue weighted by Crippen LogP contribution is 2.26. The normalized spacial score (nSPS) is 23.8. The summed E-state index contributed by atoms with van der Waals surface area (Å²) in [5, 5.41) is 4.42. The van der Waals surface area contributed by atoms with E-state index in [1.54, 1.807) is 10.5 Å². The first kappa shape index (κ1) is 16.0. The number of aromatic nitrogens is 2. The lowest BCUT2D eigenvalue weighted by Crippen LogP contribution is -2.43. The van der Waals surface area contributed by atoms with E-state index in [-0.39, 0.29) is 11.8 Å². The van der Waals surface area contributed by atoms with Gasteiger partial charge in [0.15, 0.2) is 0 Å². The lowest BCUT2D eigenvalue weighted by Gasteiger charge is -2.34. The van der Waals surface area contributed by atoms with E-state index < -0.39 is 10.0 Å². The average Bonchev–Trinajstić information content (AvgIpc) is 3.15. The first-order valence-corrected chi connectivity index (χ1v) is 9.93. The van der Waals surface area contributed by atoms with E-state index in [2.05, 4.69) is 10.00 Å². The van der Waals surface area contributed by atoms with Crippen LogP contribution in [0.2, 0.25) is 0 Å². The van der Waals surface area contributed by atoms with Crippen molar-refractivity contribution < 1.29 is 8.42 Å². The molecule has 0 aliphatic carbocycles. The van der Waals surface area contributed by atoms with Gasteiger partial charge in [-0.25, -0.2) is 8.42 Å². The molecule has 1 aromatic rings. The Morgan fingerprint density at radius 2 is 2.09 bits per heavy atom. The van der Waals surface area contributed by atoms with Crippen molar-refractivity contribution in [2.24, 2.45) is 0 Å². The Morgan fingerprint density at radius 1 is 1.32 bits per heavy atom. The van der Waals surface area contributed by atoms with Crippen molar-refractivity contribution in [2.45, 2.75) is 45.2 Å². The average molecular weight is 326 g/mol. The van der Waals surface area contributed by atoms with Crippen LogP contribution in [0, 0.1) is 0 Å². The number of likely N-dealkylation sites (tertiary alicyclic amines) is 1. The van der Waals surface area contributed by atoms with E-state index in [0.717, 1.165) is 18.7 Å². The summed E-state index contributed by atoms with van der Waals surface area (Å²) in [4.78, 5) is 2.47. The van der Waals surface area contributed by atoms with Crippen molar-refractivity contribution in [3.8, 4) is 0 Å². The predicted octanol–water partition coefficient (Wildman–Crippen LogP) is 1.47. The molecule has 2 aliphatic heterocycles. The van der Waals surface area contributed by atoms with E-state index >= 15 is 0 Å². The zero-order valence-corrected chi connectivity index (χ0v) is 14.1. The fraction of sp³-hybridized carbons (Fsp3) is 0.800. The molecule has 0 spiro atoms. The summed E-state index contributed by atoms with van der Waals surface area (Å²) in [5.74, 6) is 0.236. The first-order valence-electron chi connectivity index (χ1n) is 8.32. The molecule has 3 heterocycles. The SMILES string of the molecule is CCCS(=O)(=O)N1Cc2ccnn2[C@H](CCN2CCCC2)C1. The molecule has 7 heteroatoms. The van der Waals surface area contributed by atoms with Crippen LogP contribution in [-0.4, -0.2) is 59.3 Å². The Balaban J connectivity index is 1.71. The minimum absolute atomic E-state index is 0.158. The van der Waals surface area contributed by atoms with Crippen LogP contribution in [0.25, 0.3) is 0 Å². The third-order valence-electron chi connectivity index (χ3n) is 4.68. The summed E-state index contributed by atoms with van der Waals surface area (Å²) in [5.41, 5.74) is 1.01. The smallest absolute Gasteiger partial charge is 0.214 e. The van der Waals surface area contributed by atoms with Crippen molar-refractivity contribution in [1.82, 2.24) is 19.0 Å². The van der Waals surface area contributed by atoms with Crippen LogP contribution in [0.5, 0.6) is 0 Å². The van der Waals surface area contributed by atoms with Crippen molar-refractivity contribution in [1.29, 1.82) is 0 Å². The molecule has 6 nitrogen and oxygen atoms in total. The van der Waals surface area contributed by atoms with Gasteiger partial charge in [0.25, 0.3) is 0 Å². The summed E-state index contributed by atoms with van der Waals surface area (Å²) in [6, 6.07) is 2.10. The van der Waals surface area contributed by atoms with E-state index in [0.29, 0.717) is 19.5 Å². The zero-order chi connectivity index (χ0) is 15.6. The lowest BCUT2D eigenvalue weighted by atomic mass is 10.1. The molecule has 1 atom stereocenters. The molecule has 0 N–H and O–H groups in total. The summed E-state index contributed by atoms with van der Waals surface area (Å²) in [7, 11) is -3.15. The molecule has 0 bridgehead atoms. The number of fused-ring (bicyclic) bond motifs is 1. The van der Waals surface area contributed by atoms with E-state index in [4.69, 9.17) is 0 Å². The van der Waals surface area contributed by atoms with Crippen molar-refractivity contribution in [3.05, 3.63) is 18.0 Å². The highest BCUT2D eigenvalue weighted by atomic mass is 32.2. The summed E-state index contributed by atoms with van der Waals surface area (Å²) in [6.45, 7) is 6.32. The standard InChI is InChI=1S/C15H26N4O2S/c1-2-11-22(20,21)18-12-14-5-7-16-19(14)15(13-18)6-10-17-8-3-4-9-17/h5,7,15H,2-4,6,8-13H2,1H3/t15-/m1/s1. The highest BCUT2D eigenvalue weighted by Gasteiger charge is 2.32. The molecule has 22 heavy (non-hydrogen) atoms. The Kier molecular flexibility index (Phi) is 4.84. The molecule has 0 amide bonds. The second-order valence-electron chi connectivity index (χ2n) is 6.37. The van der Waals surface area contributed by atoms with E-state index in [9.17, 15) is 8.42 Å². The Morgan fingerprint density at radius 3 is 2.82 bits per heavy atom. The Bertz CT molecular complexity index is 592. The number of nitrogens with zero attached hydrogens (tertiary/aromatic N) is 4.